The minimum Gasteiger partial charge on any atom is -0.354 e. The van der Waals surface area contributed by atoms with E-state index in [1.165, 1.54) is 21.4 Å². The Kier molecular flexibility index (Phi) is 3.71. The Balaban J connectivity index is 1.89. The summed E-state index contributed by atoms with van der Waals surface area (Å²) in [6.45, 7) is 2.41. The van der Waals surface area contributed by atoms with Crippen molar-refractivity contribution in [1.82, 2.24) is 19.4 Å². The van der Waals surface area contributed by atoms with E-state index in [2.05, 4.69) is 10.4 Å². The number of benzene rings is 1. The van der Waals surface area contributed by atoms with Crippen molar-refractivity contribution in [3.8, 4) is 5.69 Å². The smallest absolute Gasteiger partial charge is 0.246 e. The Morgan fingerprint density at radius 1 is 1.23 bits per heavy atom. The topological polar surface area (TPSA) is 84.3 Å². The first-order chi connectivity index (χ1) is 10.5. The molecule has 1 aliphatic rings. The molecule has 7 nitrogen and oxygen atoms in total. The van der Waals surface area contributed by atoms with Crippen molar-refractivity contribution in [3.05, 3.63) is 42.2 Å². The van der Waals surface area contributed by atoms with Gasteiger partial charge in [0.25, 0.3) is 0 Å². The van der Waals surface area contributed by atoms with E-state index in [-0.39, 0.29) is 23.9 Å². The summed E-state index contributed by atoms with van der Waals surface area (Å²) in [5, 5.41) is 6.71. The maximum Gasteiger partial charge on any atom is 0.246 e. The van der Waals surface area contributed by atoms with Crippen molar-refractivity contribution in [2.75, 3.05) is 19.6 Å². The number of amides is 1. The Morgan fingerprint density at radius 3 is 2.64 bits per heavy atom. The summed E-state index contributed by atoms with van der Waals surface area (Å²) in [6, 6.07) is 7.60. The van der Waals surface area contributed by atoms with Crippen LogP contribution in [0.2, 0.25) is 0 Å². The first-order valence-corrected chi connectivity index (χ1v) is 8.29. The van der Waals surface area contributed by atoms with Gasteiger partial charge in [0.1, 0.15) is 4.90 Å². The number of piperazine rings is 1. The highest BCUT2D eigenvalue weighted by molar-refractivity contribution is 7.89. The molecule has 0 unspecified atom stereocenters. The van der Waals surface area contributed by atoms with Crippen molar-refractivity contribution in [2.45, 2.75) is 11.8 Å². The minimum atomic E-state index is -3.70. The van der Waals surface area contributed by atoms with Gasteiger partial charge in [0.15, 0.2) is 0 Å². The summed E-state index contributed by atoms with van der Waals surface area (Å²) in [4.78, 5) is 11.5. The number of nitrogens with one attached hydrogen (secondary N) is 1. The molecule has 1 aliphatic heterocycles. The molecule has 0 aliphatic carbocycles. The average Bonchev–Trinajstić information content (AvgIpc) is 2.98. The fourth-order valence-electron chi connectivity index (χ4n) is 2.25. The molecule has 0 saturated carbocycles. The molecule has 1 N–H and O–H groups in total. The molecule has 2 heterocycles. The van der Waals surface area contributed by atoms with Crippen LogP contribution in [0.4, 0.5) is 0 Å². The zero-order chi connectivity index (χ0) is 15.7. The molecule has 1 amide bonds. The number of aromatic nitrogens is 2. The van der Waals surface area contributed by atoms with Gasteiger partial charge in [0, 0.05) is 13.1 Å². The summed E-state index contributed by atoms with van der Waals surface area (Å²) in [5.41, 5.74) is 1.89. The molecule has 3 rings (SSSR count). The number of nitrogens with zero attached hydrogens (tertiary/aromatic N) is 3. The molecule has 0 atom stereocenters. The lowest BCUT2D eigenvalue weighted by Gasteiger charge is -2.25. The van der Waals surface area contributed by atoms with Crippen LogP contribution in [-0.2, 0) is 14.8 Å². The van der Waals surface area contributed by atoms with Crippen molar-refractivity contribution in [3.63, 3.8) is 0 Å². The summed E-state index contributed by atoms with van der Waals surface area (Å²) >= 11 is 0. The van der Waals surface area contributed by atoms with Crippen LogP contribution in [0.1, 0.15) is 5.56 Å². The summed E-state index contributed by atoms with van der Waals surface area (Å²) in [6.07, 6.45) is 2.77. The summed E-state index contributed by atoms with van der Waals surface area (Å²) in [7, 11) is -3.70. The molecule has 0 bridgehead atoms. The second kappa shape index (κ2) is 5.54. The van der Waals surface area contributed by atoms with Gasteiger partial charge in [-0.1, -0.05) is 17.7 Å². The van der Waals surface area contributed by atoms with Crippen LogP contribution < -0.4 is 5.32 Å². The fourth-order valence-corrected chi connectivity index (χ4v) is 3.58. The lowest BCUT2D eigenvalue weighted by molar-refractivity contribution is -0.122. The van der Waals surface area contributed by atoms with Gasteiger partial charge in [0.05, 0.1) is 24.6 Å². The molecule has 1 saturated heterocycles. The van der Waals surface area contributed by atoms with Crippen molar-refractivity contribution < 1.29 is 13.2 Å². The van der Waals surface area contributed by atoms with E-state index in [4.69, 9.17) is 0 Å². The molecule has 2 aromatic rings. The van der Waals surface area contributed by atoms with Crippen LogP contribution in [0.15, 0.2) is 41.6 Å². The molecular formula is C14H16N4O3S. The monoisotopic (exact) mass is 320 g/mol. The lowest BCUT2D eigenvalue weighted by atomic mass is 10.2. The van der Waals surface area contributed by atoms with Gasteiger partial charge in [-0.15, -0.1) is 0 Å². The number of carbonyl (C=O) groups is 1. The van der Waals surface area contributed by atoms with Crippen LogP contribution in [0.5, 0.6) is 0 Å². The van der Waals surface area contributed by atoms with Gasteiger partial charge in [-0.25, -0.2) is 13.1 Å². The SMILES string of the molecule is Cc1ccc(-n2cc(S(=O)(=O)N3CCNC(=O)C3)cn2)cc1. The summed E-state index contributed by atoms with van der Waals surface area (Å²) in [5.74, 6) is -0.291. The highest BCUT2D eigenvalue weighted by Gasteiger charge is 2.30. The highest BCUT2D eigenvalue weighted by atomic mass is 32.2. The predicted molar refractivity (Wildman–Crippen MR) is 80.1 cm³/mol. The van der Waals surface area contributed by atoms with Crippen molar-refractivity contribution in [2.24, 2.45) is 0 Å². The minimum absolute atomic E-state index is 0.0859. The predicted octanol–water partition coefficient (Wildman–Crippen LogP) is 0.301. The van der Waals surface area contributed by atoms with Crippen molar-refractivity contribution >= 4 is 15.9 Å². The zero-order valence-corrected chi connectivity index (χ0v) is 12.9. The third-order valence-electron chi connectivity index (χ3n) is 3.50. The standard InChI is InChI=1S/C14H16N4O3S/c1-11-2-4-12(5-3-11)18-9-13(8-16-18)22(20,21)17-7-6-15-14(19)10-17/h2-5,8-9H,6-7,10H2,1H3,(H,15,19). The van der Waals surface area contributed by atoms with Gasteiger partial charge in [0.2, 0.25) is 15.9 Å². The van der Waals surface area contributed by atoms with Crippen molar-refractivity contribution in [1.29, 1.82) is 0 Å². The van der Waals surface area contributed by atoms with E-state index >= 15 is 0 Å². The Morgan fingerprint density at radius 2 is 1.95 bits per heavy atom. The number of rotatable bonds is 3. The van der Waals surface area contributed by atoms with Gasteiger partial charge in [-0.3, -0.25) is 4.79 Å². The fraction of sp³-hybridized carbons (Fsp3) is 0.286. The van der Waals surface area contributed by atoms with Crippen LogP contribution in [0.3, 0.4) is 0 Å². The average molecular weight is 320 g/mol. The van der Waals surface area contributed by atoms with E-state index in [9.17, 15) is 13.2 Å². The lowest BCUT2D eigenvalue weighted by Crippen LogP contribution is -2.49. The Labute approximate surface area is 128 Å². The van der Waals surface area contributed by atoms with Crippen LogP contribution in [-0.4, -0.2) is 48.0 Å². The Bertz CT molecular complexity index is 796. The van der Waals surface area contributed by atoms with E-state index in [0.717, 1.165) is 11.3 Å². The quantitative estimate of drug-likeness (QED) is 0.881. The molecular weight excluding hydrogens is 304 g/mol. The Hall–Kier alpha value is -2.19. The van der Waals surface area contributed by atoms with Crippen LogP contribution >= 0.6 is 0 Å². The van der Waals surface area contributed by atoms with Gasteiger partial charge in [-0.2, -0.15) is 9.40 Å². The molecule has 1 fully saturated rings. The third-order valence-corrected chi connectivity index (χ3v) is 5.30. The third kappa shape index (κ3) is 2.75. The zero-order valence-electron chi connectivity index (χ0n) is 12.1. The van der Waals surface area contributed by atoms with E-state index in [1.54, 1.807) is 0 Å². The second-order valence-corrected chi connectivity index (χ2v) is 7.08. The largest absolute Gasteiger partial charge is 0.354 e. The van der Waals surface area contributed by atoms with Crippen LogP contribution in [0.25, 0.3) is 5.69 Å². The molecule has 0 radical (unpaired) electrons. The summed E-state index contributed by atoms with van der Waals surface area (Å²) < 4.78 is 27.7. The first-order valence-electron chi connectivity index (χ1n) is 6.85. The second-order valence-electron chi connectivity index (χ2n) is 5.14. The number of sulfonamides is 1. The van der Waals surface area contributed by atoms with Gasteiger partial charge >= 0.3 is 0 Å². The maximum atomic E-state index is 12.5. The number of hydrogen-bond donors (Lipinski definition) is 1. The van der Waals surface area contributed by atoms with Crippen LogP contribution in [0, 0.1) is 6.92 Å². The molecule has 116 valence electrons. The molecule has 1 aromatic heterocycles. The molecule has 1 aromatic carbocycles. The molecule has 0 spiro atoms. The van der Waals surface area contributed by atoms with Gasteiger partial charge in [-0.05, 0) is 19.1 Å². The molecule has 22 heavy (non-hydrogen) atoms. The van der Waals surface area contributed by atoms with Gasteiger partial charge < -0.3 is 5.32 Å². The van der Waals surface area contributed by atoms with E-state index in [0.29, 0.717) is 6.54 Å². The highest BCUT2D eigenvalue weighted by Crippen LogP contribution is 2.17. The number of aryl methyl sites for hydroxylation is 1. The van der Waals surface area contributed by atoms with E-state index in [1.807, 2.05) is 31.2 Å². The normalized spacial score (nSPS) is 16.5. The number of carbonyl (C=O) groups excluding carboxylic acids is 1. The molecule has 8 heteroatoms. The number of hydrogen-bond acceptors (Lipinski definition) is 4. The van der Waals surface area contributed by atoms with E-state index < -0.39 is 10.0 Å². The first kappa shape index (κ1) is 14.7. The maximum absolute atomic E-state index is 12.5.